The van der Waals surface area contributed by atoms with E-state index >= 15 is 0 Å². The molecule has 0 amide bonds. The molecule has 23 atom stereocenters. The molecule has 6 aliphatic rings. The summed E-state index contributed by atoms with van der Waals surface area (Å²) < 4.78 is 28.9. The van der Waals surface area contributed by atoms with Crippen LogP contribution in [0.1, 0.15) is 86.0 Å². The summed E-state index contributed by atoms with van der Waals surface area (Å²) in [6.07, 6.45) is -12.5. The van der Waals surface area contributed by atoms with Gasteiger partial charge in [-0.1, -0.05) is 41.0 Å². The Morgan fingerprint density at radius 1 is 0.754 bits per heavy atom. The molecule has 2 aliphatic heterocycles. The molecule has 57 heavy (non-hydrogen) atoms. The van der Waals surface area contributed by atoms with Crippen molar-refractivity contribution in [3.63, 3.8) is 0 Å². The molecule has 16 nitrogen and oxygen atoms in total. The highest BCUT2D eigenvalue weighted by Crippen LogP contribution is 2.70. The zero-order valence-electron chi connectivity index (χ0n) is 34.4. The Labute approximate surface area is 336 Å². The summed E-state index contributed by atoms with van der Waals surface area (Å²) >= 11 is 0. The molecule has 0 aromatic rings. The van der Waals surface area contributed by atoms with E-state index in [2.05, 4.69) is 27.7 Å². The third kappa shape index (κ3) is 8.00. The molecule has 11 N–H and O–H groups in total. The molecule has 4 aliphatic carbocycles. The number of hydrogen-bond acceptors (Lipinski definition) is 16. The fourth-order valence-electron chi connectivity index (χ4n) is 13.1. The van der Waals surface area contributed by atoms with E-state index in [1.165, 1.54) is 7.11 Å². The van der Waals surface area contributed by atoms with Gasteiger partial charge < -0.3 is 79.9 Å². The van der Waals surface area contributed by atoms with Gasteiger partial charge in [0.2, 0.25) is 0 Å². The number of aliphatic hydroxyl groups excluding tert-OH is 10. The van der Waals surface area contributed by atoms with Gasteiger partial charge >= 0.3 is 0 Å². The van der Waals surface area contributed by atoms with Gasteiger partial charge in [0.25, 0.3) is 0 Å². The van der Waals surface area contributed by atoms with Gasteiger partial charge in [0.05, 0.1) is 55.9 Å². The molecular weight excluding hydrogens is 748 g/mol. The molecule has 332 valence electrons. The average molecular weight is 821 g/mol. The first-order valence-electron chi connectivity index (χ1n) is 21.3. The summed E-state index contributed by atoms with van der Waals surface area (Å²) in [5.41, 5.74) is -2.74. The highest BCUT2D eigenvalue weighted by atomic mass is 16.8. The molecule has 0 aromatic heterocycles. The van der Waals surface area contributed by atoms with Crippen LogP contribution in [0.2, 0.25) is 0 Å². The zero-order valence-corrected chi connectivity index (χ0v) is 34.4. The second kappa shape index (κ2) is 17.6. The molecule has 16 heteroatoms. The summed E-state index contributed by atoms with van der Waals surface area (Å²) in [5.74, 6) is -1.59. The minimum Gasteiger partial charge on any atom is -0.394 e. The first-order valence-corrected chi connectivity index (χ1v) is 21.3. The number of fused-ring (bicyclic) bond motifs is 5. The van der Waals surface area contributed by atoms with Crippen LogP contribution in [0.15, 0.2) is 0 Å². The summed E-state index contributed by atoms with van der Waals surface area (Å²) in [5, 5.41) is 121. The lowest BCUT2D eigenvalue weighted by atomic mass is 9.41. The summed E-state index contributed by atoms with van der Waals surface area (Å²) in [6.45, 7) is 9.63. The highest BCUT2D eigenvalue weighted by molar-refractivity contribution is 5.22. The van der Waals surface area contributed by atoms with Gasteiger partial charge in [0, 0.05) is 25.4 Å². The minimum atomic E-state index is -1.47. The van der Waals surface area contributed by atoms with Gasteiger partial charge in [0.15, 0.2) is 12.6 Å². The van der Waals surface area contributed by atoms with Gasteiger partial charge in [-0.2, -0.15) is 0 Å². The Hall–Kier alpha value is -0.640. The Kier molecular flexibility index (Phi) is 14.2. The van der Waals surface area contributed by atoms with Crippen molar-refractivity contribution in [2.75, 3.05) is 26.9 Å². The third-order valence-electron chi connectivity index (χ3n) is 16.0. The maximum atomic E-state index is 12.7. The zero-order chi connectivity index (χ0) is 41.9. The van der Waals surface area contributed by atoms with Crippen LogP contribution in [0.25, 0.3) is 0 Å². The molecule has 0 spiro atoms. The average Bonchev–Trinajstić information content (AvgIpc) is 3.56. The van der Waals surface area contributed by atoms with E-state index in [1.54, 1.807) is 0 Å². The first-order chi connectivity index (χ1) is 26.8. The van der Waals surface area contributed by atoms with Crippen molar-refractivity contribution in [3.05, 3.63) is 0 Å². The Bertz CT molecular complexity index is 1330. The second-order valence-electron chi connectivity index (χ2n) is 19.5. The molecule has 6 rings (SSSR count). The standard InChI is InChI=1S/C41H72O16/c1-18(2)20(11-14-54-38-35(32(51)33(56-38)23(45)16-42)57-37-34(53-6)29(48)24(46)17-55-37)8-7-19(3)26-30(49)31(50)36-40(26,5)13-10-25-39(4)12-9-21(43)28(47)27(39)22(44)15-41(25,36)52/h18-38,42-52H,7-17H2,1-6H3. The summed E-state index contributed by atoms with van der Waals surface area (Å²) in [6, 6.07) is 0. The Balaban J connectivity index is 1.10. The van der Waals surface area contributed by atoms with Crippen LogP contribution >= 0.6 is 0 Å². The normalized spacial score (nSPS) is 51.6. The minimum absolute atomic E-state index is 0.0403. The Morgan fingerprint density at radius 3 is 2.09 bits per heavy atom. The molecule has 0 radical (unpaired) electrons. The summed E-state index contributed by atoms with van der Waals surface area (Å²) in [7, 11) is 1.32. The number of rotatable bonds is 14. The van der Waals surface area contributed by atoms with Crippen molar-refractivity contribution in [1.82, 2.24) is 0 Å². The molecule has 6 fully saturated rings. The van der Waals surface area contributed by atoms with E-state index in [9.17, 15) is 56.2 Å². The SMILES string of the molecule is COC1C(OC2C(OCCC(CCC(C)C3C(O)C(O)C4C3(C)CCC3C5(C)CCC(O)C(O)C5C(O)CC34O)C(C)C)OC(C(O)CO)C2O)OCC(O)C1O. The molecule has 2 heterocycles. The van der Waals surface area contributed by atoms with Gasteiger partial charge in [-0.15, -0.1) is 0 Å². The topological polar surface area (TPSA) is 269 Å². The van der Waals surface area contributed by atoms with Crippen molar-refractivity contribution < 1.29 is 79.9 Å². The van der Waals surface area contributed by atoms with Crippen LogP contribution in [0, 0.1) is 52.3 Å². The van der Waals surface area contributed by atoms with Crippen molar-refractivity contribution in [2.24, 2.45) is 52.3 Å². The number of ether oxygens (including phenoxy) is 5. The maximum absolute atomic E-state index is 12.7. The monoisotopic (exact) mass is 820 g/mol. The highest BCUT2D eigenvalue weighted by Gasteiger charge is 2.73. The van der Waals surface area contributed by atoms with Crippen molar-refractivity contribution in [1.29, 1.82) is 0 Å². The number of hydrogen-bond donors (Lipinski definition) is 11. The molecular formula is C41H72O16. The lowest BCUT2D eigenvalue weighted by Gasteiger charge is -2.66. The second-order valence-corrected chi connectivity index (χ2v) is 19.5. The quantitative estimate of drug-likeness (QED) is 0.101. The lowest BCUT2D eigenvalue weighted by molar-refractivity contribution is -0.307. The van der Waals surface area contributed by atoms with Crippen LogP contribution in [0.3, 0.4) is 0 Å². The lowest BCUT2D eigenvalue weighted by Crippen LogP contribution is -2.71. The van der Waals surface area contributed by atoms with Crippen LogP contribution in [-0.2, 0) is 23.7 Å². The molecule has 23 unspecified atom stereocenters. The first kappa shape index (κ1) is 45.9. The molecule has 0 bridgehead atoms. The van der Waals surface area contributed by atoms with Crippen LogP contribution in [-0.4, -0.2) is 175 Å². The maximum Gasteiger partial charge on any atom is 0.187 e. The fraction of sp³-hybridized carbons (Fsp3) is 1.00. The van der Waals surface area contributed by atoms with E-state index in [-0.39, 0.29) is 49.2 Å². The molecule has 2 saturated heterocycles. The van der Waals surface area contributed by atoms with Crippen LogP contribution in [0.4, 0.5) is 0 Å². The number of methoxy groups -OCH3 is 1. The van der Waals surface area contributed by atoms with Gasteiger partial charge in [0.1, 0.15) is 42.7 Å². The van der Waals surface area contributed by atoms with Crippen molar-refractivity contribution >= 4 is 0 Å². The van der Waals surface area contributed by atoms with Gasteiger partial charge in [-0.05, 0) is 78.9 Å². The van der Waals surface area contributed by atoms with Crippen molar-refractivity contribution in [3.8, 4) is 0 Å². The third-order valence-corrected chi connectivity index (χ3v) is 16.0. The Morgan fingerprint density at radius 2 is 1.44 bits per heavy atom. The summed E-state index contributed by atoms with van der Waals surface area (Å²) in [4.78, 5) is 0. The predicted molar refractivity (Wildman–Crippen MR) is 201 cm³/mol. The van der Waals surface area contributed by atoms with Crippen LogP contribution < -0.4 is 0 Å². The van der Waals surface area contributed by atoms with E-state index in [4.69, 9.17) is 23.7 Å². The predicted octanol–water partition coefficient (Wildman–Crippen LogP) is -0.983. The smallest absolute Gasteiger partial charge is 0.187 e. The van der Waals surface area contributed by atoms with E-state index in [0.29, 0.717) is 38.5 Å². The van der Waals surface area contributed by atoms with Gasteiger partial charge in [-0.25, -0.2) is 0 Å². The molecule has 4 saturated carbocycles. The van der Waals surface area contributed by atoms with E-state index < -0.39 is 121 Å². The van der Waals surface area contributed by atoms with Gasteiger partial charge in [-0.3, -0.25) is 0 Å². The molecule has 0 aromatic carbocycles. The van der Waals surface area contributed by atoms with Crippen LogP contribution in [0.5, 0.6) is 0 Å². The number of aliphatic hydroxyl groups is 11. The van der Waals surface area contributed by atoms with Crippen molar-refractivity contribution in [2.45, 2.75) is 177 Å². The van der Waals surface area contributed by atoms with E-state index in [1.807, 2.05) is 6.92 Å². The van der Waals surface area contributed by atoms with E-state index in [0.717, 1.165) is 6.42 Å². The fourth-order valence-corrected chi connectivity index (χ4v) is 13.1. The largest absolute Gasteiger partial charge is 0.394 e.